The molecule has 0 aliphatic carbocycles. The normalized spacial score (nSPS) is 13.2. The number of nitrogens with zero attached hydrogens (tertiary/aromatic N) is 4. The highest BCUT2D eigenvalue weighted by atomic mass is 32.2. The molecule has 0 saturated heterocycles. The average molecular weight is 847 g/mol. The summed E-state index contributed by atoms with van der Waals surface area (Å²) in [6, 6.07) is 18.9. The van der Waals surface area contributed by atoms with Gasteiger partial charge in [-0.05, 0) is 93.3 Å². The monoisotopic (exact) mass is 846 g/mol. The molecule has 0 bridgehead atoms. The van der Waals surface area contributed by atoms with Gasteiger partial charge in [0.1, 0.15) is 23.2 Å². The van der Waals surface area contributed by atoms with Gasteiger partial charge in [-0.15, -0.1) is 5.10 Å². The van der Waals surface area contributed by atoms with Gasteiger partial charge in [0.05, 0.1) is 23.6 Å². The number of benzene rings is 3. The van der Waals surface area contributed by atoms with Crippen LogP contribution in [0.5, 0.6) is 5.75 Å². The lowest BCUT2D eigenvalue weighted by Gasteiger charge is -2.26. The molecule has 2 heterocycles. The van der Waals surface area contributed by atoms with E-state index < -0.39 is 57.8 Å². The van der Waals surface area contributed by atoms with Crippen LogP contribution in [0.2, 0.25) is 0 Å². The summed E-state index contributed by atoms with van der Waals surface area (Å²) in [7, 11) is -2.40. The first-order valence-corrected chi connectivity index (χ1v) is 20.6. The summed E-state index contributed by atoms with van der Waals surface area (Å²) in [5.74, 6) is -2.75. The Hall–Kier alpha value is -6.56. The van der Waals surface area contributed by atoms with Gasteiger partial charge in [-0.1, -0.05) is 38.1 Å². The lowest BCUT2D eigenvalue weighted by Crippen LogP contribution is -2.48. The van der Waals surface area contributed by atoms with Crippen LogP contribution in [-0.4, -0.2) is 78.4 Å². The lowest BCUT2D eigenvalue weighted by atomic mass is 10.00. The molecule has 0 spiro atoms. The Balaban J connectivity index is 1.41. The van der Waals surface area contributed by atoms with Crippen LogP contribution in [0.1, 0.15) is 59.9 Å². The highest BCUT2D eigenvalue weighted by Gasteiger charge is 2.33. The van der Waals surface area contributed by atoms with Crippen LogP contribution >= 0.6 is 0 Å². The molecule has 16 nitrogen and oxygen atoms in total. The first-order valence-electron chi connectivity index (χ1n) is 18.8. The van der Waals surface area contributed by atoms with E-state index in [-0.39, 0.29) is 34.0 Å². The summed E-state index contributed by atoms with van der Waals surface area (Å²) in [6.07, 6.45) is -0.776. The molecule has 0 aliphatic heterocycles. The zero-order chi connectivity index (χ0) is 44.1. The van der Waals surface area contributed by atoms with Crippen molar-refractivity contribution in [2.75, 3.05) is 23.6 Å². The number of ether oxygens (including phenoxy) is 4. The van der Waals surface area contributed by atoms with Crippen LogP contribution in [-0.2, 0) is 33.6 Å². The topological polar surface area (TPSA) is 197 Å². The van der Waals surface area contributed by atoms with E-state index in [9.17, 15) is 32.0 Å². The zero-order valence-corrected chi connectivity index (χ0v) is 35.4. The lowest BCUT2D eigenvalue weighted by molar-refractivity contribution is -0.168. The molecule has 0 saturated carbocycles. The van der Waals surface area contributed by atoms with Crippen molar-refractivity contribution < 1.29 is 50.9 Å². The van der Waals surface area contributed by atoms with E-state index in [2.05, 4.69) is 20.7 Å². The van der Waals surface area contributed by atoms with Gasteiger partial charge in [0, 0.05) is 36.7 Å². The van der Waals surface area contributed by atoms with Gasteiger partial charge in [-0.3, -0.25) is 4.79 Å². The summed E-state index contributed by atoms with van der Waals surface area (Å²) in [4.78, 5) is 58.0. The number of fused-ring (bicyclic) bond motifs is 1. The third kappa shape index (κ3) is 11.1. The van der Waals surface area contributed by atoms with E-state index in [1.807, 2.05) is 0 Å². The number of nitrogens with one attached hydrogen (secondary N) is 2. The zero-order valence-electron chi connectivity index (χ0n) is 34.5. The third-order valence-electron chi connectivity index (χ3n) is 8.91. The van der Waals surface area contributed by atoms with Gasteiger partial charge in [0.2, 0.25) is 12.2 Å². The molecule has 1 unspecified atom stereocenters. The molecule has 2 N–H and O–H groups in total. The number of esters is 1. The van der Waals surface area contributed by atoms with Crippen LogP contribution in [0.3, 0.4) is 0 Å². The second-order valence-corrected chi connectivity index (χ2v) is 17.2. The van der Waals surface area contributed by atoms with E-state index in [0.29, 0.717) is 22.5 Å². The van der Waals surface area contributed by atoms with Gasteiger partial charge in [-0.25, -0.2) is 36.6 Å². The van der Waals surface area contributed by atoms with Crippen molar-refractivity contribution in [3.63, 3.8) is 0 Å². The number of rotatable bonds is 13. The number of hydrogen-bond acceptors (Lipinski definition) is 12. The smallest absolute Gasteiger partial charge is 0.424 e. The van der Waals surface area contributed by atoms with Gasteiger partial charge in [-0.2, -0.15) is 4.98 Å². The van der Waals surface area contributed by atoms with Crippen molar-refractivity contribution >= 4 is 56.9 Å². The fraction of sp³-hybridized carbons (Fsp3) is 0.333. The largest absolute Gasteiger partial charge is 0.495 e. The van der Waals surface area contributed by atoms with Crippen molar-refractivity contribution in [1.29, 1.82) is 0 Å². The third-order valence-corrected chi connectivity index (χ3v) is 10.0. The number of methoxy groups -OCH3 is 1. The van der Waals surface area contributed by atoms with Crippen LogP contribution < -0.4 is 20.3 Å². The van der Waals surface area contributed by atoms with Crippen molar-refractivity contribution in [2.24, 2.45) is 5.92 Å². The molecule has 318 valence electrons. The molecule has 3 aromatic carbocycles. The number of aromatic nitrogens is 3. The van der Waals surface area contributed by atoms with Gasteiger partial charge >= 0.3 is 18.2 Å². The Morgan fingerprint density at radius 3 is 2.12 bits per heavy atom. The first kappa shape index (κ1) is 44.5. The molecule has 2 aromatic heterocycles. The molecule has 5 rings (SSSR count). The number of halogens is 1. The number of carbonyl (C=O) groups is 4. The summed E-state index contributed by atoms with van der Waals surface area (Å²) in [6.45, 7) is 11.4. The van der Waals surface area contributed by atoms with E-state index in [0.717, 1.165) is 16.7 Å². The SMILES string of the molecule is COc1cc(S(C)(=O)=O)ccc1N(C(=O)OC(C)OC(=O)[C@@H](NC(=O)OC(C)(C)C)C(C)C)c1nc2ccc(-c3ccc(NC(=O)[C@H](C)c4ccc(F)cc4)cc3)cn2n1. The van der Waals surface area contributed by atoms with E-state index >= 15 is 0 Å². The molecule has 0 radical (unpaired) electrons. The predicted molar refractivity (Wildman–Crippen MR) is 220 cm³/mol. The molecule has 18 heteroatoms. The minimum atomic E-state index is -3.69. The average Bonchev–Trinajstić information content (AvgIpc) is 3.59. The highest BCUT2D eigenvalue weighted by Crippen LogP contribution is 2.36. The van der Waals surface area contributed by atoms with Crippen molar-refractivity contribution in [3.8, 4) is 16.9 Å². The minimum absolute atomic E-state index is 0.00240. The number of amides is 3. The maximum Gasteiger partial charge on any atom is 0.424 e. The second kappa shape index (κ2) is 18.1. The fourth-order valence-corrected chi connectivity index (χ4v) is 6.42. The molecule has 60 heavy (non-hydrogen) atoms. The van der Waals surface area contributed by atoms with Crippen LogP contribution in [0.25, 0.3) is 16.8 Å². The highest BCUT2D eigenvalue weighted by molar-refractivity contribution is 7.90. The quantitative estimate of drug-likeness (QED) is 0.0881. The second-order valence-electron chi connectivity index (χ2n) is 15.2. The number of sulfone groups is 1. The Morgan fingerprint density at radius 1 is 0.867 bits per heavy atom. The van der Waals surface area contributed by atoms with Crippen LogP contribution in [0.4, 0.5) is 31.3 Å². The van der Waals surface area contributed by atoms with E-state index in [4.69, 9.17) is 18.9 Å². The van der Waals surface area contributed by atoms with E-state index in [1.54, 1.807) is 96.3 Å². The molecule has 3 amide bonds. The van der Waals surface area contributed by atoms with Gasteiger partial charge in [0.15, 0.2) is 15.5 Å². The molecule has 5 aromatic rings. The number of carbonyl (C=O) groups excluding carboxylic acids is 4. The Labute approximate surface area is 346 Å². The summed E-state index contributed by atoms with van der Waals surface area (Å²) in [5, 5.41) is 9.90. The molecule has 0 aliphatic rings. The maximum atomic E-state index is 14.0. The predicted octanol–water partition coefficient (Wildman–Crippen LogP) is 7.40. The number of anilines is 3. The standard InChI is InChI=1S/C42H47FN6O10S/c1-24(2)36(46-40(52)59-42(5,6)7)38(51)57-26(4)58-41(53)49(33-20-19-32(60(9,54)55)22-34(33)56-8)39-45-35-21-14-29(23-48(35)47-39)28-12-17-31(18-13-28)44-37(50)25(3)27-10-15-30(43)16-11-27/h10-26,36H,1-9H3,(H,44,50)(H,46,52)/t25-,26?,36+/m1/s1. The van der Waals surface area contributed by atoms with Crippen LogP contribution in [0, 0.1) is 11.7 Å². The Bertz CT molecular complexity index is 2490. The molecular formula is C42H47FN6O10S. The van der Waals surface area contributed by atoms with E-state index in [1.165, 1.54) is 48.9 Å². The summed E-state index contributed by atoms with van der Waals surface area (Å²) in [5.41, 5.74) is 2.16. The van der Waals surface area contributed by atoms with Crippen molar-refractivity contribution in [2.45, 2.75) is 77.2 Å². The Morgan fingerprint density at radius 2 is 1.52 bits per heavy atom. The van der Waals surface area contributed by atoms with Crippen molar-refractivity contribution in [1.82, 2.24) is 19.9 Å². The van der Waals surface area contributed by atoms with Gasteiger partial charge in [0.25, 0.3) is 5.95 Å². The number of alkyl carbamates (subject to hydrolysis) is 1. The maximum absolute atomic E-state index is 14.0. The number of hydrogen-bond donors (Lipinski definition) is 2. The Kier molecular flexibility index (Phi) is 13.5. The minimum Gasteiger partial charge on any atom is -0.495 e. The molecular weight excluding hydrogens is 800 g/mol. The first-order chi connectivity index (χ1) is 28.1. The summed E-state index contributed by atoms with van der Waals surface area (Å²) < 4.78 is 61.4. The molecule has 0 fully saturated rings. The van der Waals surface area contributed by atoms with Crippen LogP contribution in [0.15, 0.2) is 90.0 Å². The molecule has 3 atom stereocenters. The number of pyridine rings is 1. The fourth-order valence-electron chi connectivity index (χ4n) is 5.79. The van der Waals surface area contributed by atoms with Crippen molar-refractivity contribution in [3.05, 3.63) is 96.4 Å². The van der Waals surface area contributed by atoms with Gasteiger partial charge < -0.3 is 29.6 Å². The summed E-state index contributed by atoms with van der Waals surface area (Å²) >= 11 is 0.